The summed E-state index contributed by atoms with van der Waals surface area (Å²) in [6.07, 6.45) is 0.302. The molecule has 7 nitrogen and oxygen atoms in total. The van der Waals surface area contributed by atoms with Crippen LogP contribution in [0.2, 0.25) is 0 Å². The minimum Gasteiger partial charge on any atom is -0.459 e. The first-order valence-corrected chi connectivity index (χ1v) is 6.17. The number of rotatable bonds is 6. The van der Waals surface area contributed by atoms with Crippen molar-refractivity contribution in [1.82, 2.24) is 5.32 Å². The molecule has 2 amide bonds. The van der Waals surface area contributed by atoms with E-state index < -0.39 is 29.9 Å². The molecule has 3 N–H and O–H groups in total. The van der Waals surface area contributed by atoms with Crippen LogP contribution in [0.15, 0.2) is 22.8 Å². The van der Waals surface area contributed by atoms with E-state index in [0.29, 0.717) is 0 Å². The Balaban J connectivity index is 2.72. The van der Waals surface area contributed by atoms with Crippen molar-refractivity contribution in [1.29, 1.82) is 0 Å². The molecule has 0 spiro atoms. The summed E-state index contributed by atoms with van der Waals surface area (Å²) in [4.78, 5) is 34.6. The molecule has 1 rings (SSSR count). The van der Waals surface area contributed by atoms with Crippen LogP contribution < -0.4 is 11.1 Å². The van der Waals surface area contributed by atoms with E-state index in [2.05, 4.69) is 5.32 Å². The number of nitrogens with two attached hydrogens (primary N) is 1. The van der Waals surface area contributed by atoms with Crippen LogP contribution >= 0.6 is 0 Å². The van der Waals surface area contributed by atoms with Gasteiger partial charge < -0.3 is 20.2 Å². The highest BCUT2D eigenvalue weighted by molar-refractivity contribution is 5.95. The van der Waals surface area contributed by atoms with Crippen LogP contribution in [0, 0.1) is 5.92 Å². The van der Waals surface area contributed by atoms with Crippen molar-refractivity contribution in [3.63, 3.8) is 0 Å². The van der Waals surface area contributed by atoms with E-state index in [1.165, 1.54) is 19.3 Å². The van der Waals surface area contributed by atoms with E-state index in [1.807, 2.05) is 0 Å². The van der Waals surface area contributed by atoms with Gasteiger partial charge in [-0.2, -0.15) is 0 Å². The summed E-state index contributed by atoms with van der Waals surface area (Å²) in [6.45, 7) is 4.85. The summed E-state index contributed by atoms with van der Waals surface area (Å²) in [6, 6.07) is 2.14. The van der Waals surface area contributed by atoms with Gasteiger partial charge in [0, 0.05) is 0 Å². The van der Waals surface area contributed by atoms with Crippen LogP contribution in [0.4, 0.5) is 0 Å². The molecule has 0 aromatic carbocycles. The number of carbonyl (C=O) groups excluding carboxylic acids is 3. The fourth-order valence-electron chi connectivity index (χ4n) is 1.42. The number of hydrogen-bond acceptors (Lipinski definition) is 5. The highest BCUT2D eigenvalue weighted by atomic mass is 16.5. The van der Waals surface area contributed by atoms with Gasteiger partial charge in [0.2, 0.25) is 0 Å². The molecule has 1 heterocycles. The van der Waals surface area contributed by atoms with E-state index in [1.54, 1.807) is 19.9 Å². The van der Waals surface area contributed by atoms with Crippen molar-refractivity contribution in [2.45, 2.75) is 32.9 Å². The van der Waals surface area contributed by atoms with Gasteiger partial charge in [0.15, 0.2) is 11.9 Å². The summed E-state index contributed by atoms with van der Waals surface area (Å²) in [7, 11) is 0. The first kappa shape index (κ1) is 15.7. The van der Waals surface area contributed by atoms with Gasteiger partial charge in [-0.3, -0.25) is 9.59 Å². The summed E-state index contributed by atoms with van der Waals surface area (Å²) in [5.41, 5.74) is 5.02. The van der Waals surface area contributed by atoms with Crippen molar-refractivity contribution in [3.8, 4) is 0 Å². The molecule has 1 aromatic heterocycles. The van der Waals surface area contributed by atoms with Crippen LogP contribution in [0.5, 0.6) is 0 Å². The Bertz CT molecular complexity index is 481. The molecule has 0 fully saturated rings. The van der Waals surface area contributed by atoms with Crippen molar-refractivity contribution in [2.75, 3.05) is 0 Å². The molecule has 0 bridgehead atoms. The Morgan fingerprint density at radius 3 is 2.40 bits per heavy atom. The number of carbonyl (C=O) groups is 3. The number of ether oxygens (including phenoxy) is 1. The van der Waals surface area contributed by atoms with Crippen molar-refractivity contribution < 1.29 is 23.5 Å². The minimum atomic E-state index is -1.05. The molecule has 20 heavy (non-hydrogen) atoms. The number of amides is 2. The third kappa shape index (κ3) is 4.11. The molecule has 0 radical (unpaired) electrons. The topological polar surface area (TPSA) is 112 Å². The van der Waals surface area contributed by atoms with Crippen LogP contribution in [0.25, 0.3) is 0 Å². The van der Waals surface area contributed by atoms with Crippen LogP contribution in [-0.4, -0.2) is 29.9 Å². The summed E-state index contributed by atoms with van der Waals surface area (Å²) >= 11 is 0. The monoisotopic (exact) mass is 282 g/mol. The first-order valence-electron chi connectivity index (χ1n) is 6.17. The fourth-order valence-corrected chi connectivity index (χ4v) is 1.42. The van der Waals surface area contributed by atoms with Crippen molar-refractivity contribution >= 4 is 17.8 Å². The van der Waals surface area contributed by atoms with Gasteiger partial charge in [-0.25, -0.2) is 4.79 Å². The number of esters is 1. The lowest BCUT2D eigenvalue weighted by atomic mass is 10.0. The van der Waals surface area contributed by atoms with Crippen molar-refractivity contribution in [2.24, 2.45) is 11.7 Å². The third-order valence-corrected chi connectivity index (χ3v) is 2.65. The fraction of sp³-hybridized carbons (Fsp3) is 0.462. The zero-order valence-corrected chi connectivity index (χ0v) is 11.6. The minimum absolute atomic E-state index is 0.0893. The highest BCUT2D eigenvalue weighted by Gasteiger charge is 2.29. The smallest absolute Gasteiger partial charge is 0.329 e. The van der Waals surface area contributed by atoms with Crippen LogP contribution in [-0.2, 0) is 14.3 Å². The first-order chi connectivity index (χ1) is 9.32. The van der Waals surface area contributed by atoms with Gasteiger partial charge in [0.25, 0.3) is 11.8 Å². The number of primary amides is 1. The predicted octanol–water partition coefficient (Wildman–Crippen LogP) is 0.451. The van der Waals surface area contributed by atoms with Gasteiger partial charge >= 0.3 is 5.97 Å². The van der Waals surface area contributed by atoms with E-state index in [0.717, 1.165) is 0 Å². The predicted molar refractivity (Wildman–Crippen MR) is 69.5 cm³/mol. The Morgan fingerprint density at radius 1 is 1.30 bits per heavy atom. The second kappa shape index (κ2) is 6.74. The lowest BCUT2D eigenvalue weighted by Crippen LogP contribution is -2.47. The molecular formula is C13H18N2O5. The van der Waals surface area contributed by atoms with E-state index in [4.69, 9.17) is 14.9 Å². The number of furan rings is 1. The SMILES string of the molecule is CC(C)[C@H](NC(=O)c1ccco1)C(=O)O[C@@H](C)C(N)=O. The second-order valence-electron chi connectivity index (χ2n) is 4.65. The van der Waals surface area contributed by atoms with Crippen molar-refractivity contribution in [3.05, 3.63) is 24.2 Å². The molecule has 7 heteroatoms. The van der Waals surface area contributed by atoms with Gasteiger partial charge in [-0.1, -0.05) is 13.8 Å². The molecule has 0 aliphatic heterocycles. The van der Waals surface area contributed by atoms with Gasteiger partial charge in [0.05, 0.1) is 6.26 Å². The average molecular weight is 282 g/mol. The molecule has 0 saturated carbocycles. The van der Waals surface area contributed by atoms with Crippen LogP contribution in [0.1, 0.15) is 31.3 Å². The second-order valence-corrected chi connectivity index (χ2v) is 4.65. The number of hydrogen-bond donors (Lipinski definition) is 2. The van der Waals surface area contributed by atoms with E-state index in [-0.39, 0.29) is 11.7 Å². The Labute approximate surface area is 116 Å². The average Bonchev–Trinajstić information content (AvgIpc) is 2.88. The Hall–Kier alpha value is -2.31. The molecule has 0 aliphatic rings. The zero-order valence-electron chi connectivity index (χ0n) is 11.6. The molecule has 2 atom stereocenters. The standard InChI is InChI=1S/C13H18N2O5/c1-7(2)10(13(18)20-8(3)11(14)16)15-12(17)9-5-4-6-19-9/h4-8,10H,1-3H3,(H2,14,16)(H,15,17)/t8-,10-/m0/s1. The summed E-state index contributed by atoms with van der Waals surface area (Å²) in [5, 5.41) is 2.50. The molecule has 0 aliphatic carbocycles. The third-order valence-electron chi connectivity index (χ3n) is 2.65. The lowest BCUT2D eigenvalue weighted by molar-refractivity contribution is -0.156. The molecule has 110 valence electrons. The van der Waals surface area contributed by atoms with Gasteiger partial charge in [-0.05, 0) is 25.0 Å². The van der Waals surface area contributed by atoms with Gasteiger partial charge in [0.1, 0.15) is 6.04 Å². The lowest BCUT2D eigenvalue weighted by Gasteiger charge is -2.21. The normalized spacial score (nSPS) is 13.6. The Kier molecular flexibility index (Phi) is 5.31. The van der Waals surface area contributed by atoms with Gasteiger partial charge in [-0.15, -0.1) is 0 Å². The highest BCUT2D eigenvalue weighted by Crippen LogP contribution is 2.08. The van der Waals surface area contributed by atoms with E-state index in [9.17, 15) is 14.4 Å². The Morgan fingerprint density at radius 2 is 1.95 bits per heavy atom. The molecular weight excluding hydrogens is 264 g/mol. The maximum absolute atomic E-state index is 11.9. The summed E-state index contributed by atoms with van der Waals surface area (Å²) < 4.78 is 9.83. The van der Waals surface area contributed by atoms with E-state index >= 15 is 0 Å². The summed E-state index contributed by atoms with van der Waals surface area (Å²) in [5.74, 6) is -2.13. The number of nitrogens with one attached hydrogen (secondary N) is 1. The largest absolute Gasteiger partial charge is 0.459 e. The molecule has 0 unspecified atom stereocenters. The zero-order chi connectivity index (χ0) is 15.3. The van der Waals surface area contributed by atoms with Crippen LogP contribution in [0.3, 0.4) is 0 Å². The molecule has 1 aromatic rings. The quantitative estimate of drug-likeness (QED) is 0.736. The maximum Gasteiger partial charge on any atom is 0.329 e. The maximum atomic E-state index is 11.9. The molecule has 0 saturated heterocycles.